The standard InChI is InChI=1S/C10H13BF3NO3/c1-8(2)9(3,4)18-11(17-8)7-5-6(15-16-7)10(12,13)14/h5H,1-4H3. The SMILES string of the molecule is CC1(C)OB(c2cc(C(F)(F)F)no2)OC1(C)C. The van der Waals surface area contributed by atoms with Crippen molar-refractivity contribution in [3.63, 3.8) is 0 Å². The highest BCUT2D eigenvalue weighted by Crippen LogP contribution is 2.37. The molecule has 1 aromatic rings. The van der Waals surface area contributed by atoms with E-state index in [2.05, 4.69) is 9.68 Å². The maximum absolute atomic E-state index is 12.4. The molecule has 0 spiro atoms. The molecule has 0 aromatic carbocycles. The molecular weight excluding hydrogens is 250 g/mol. The van der Waals surface area contributed by atoms with Crippen molar-refractivity contribution in [3.8, 4) is 0 Å². The van der Waals surface area contributed by atoms with Crippen LogP contribution in [-0.4, -0.2) is 23.5 Å². The molecule has 0 amide bonds. The Bertz CT molecular complexity index is 439. The van der Waals surface area contributed by atoms with E-state index >= 15 is 0 Å². The van der Waals surface area contributed by atoms with Gasteiger partial charge in [-0.3, -0.25) is 0 Å². The van der Waals surface area contributed by atoms with Gasteiger partial charge < -0.3 is 13.8 Å². The van der Waals surface area contributed by atoms with Gasteiger partial charge in [-0.15, -0.1) is 0 Å². The normalized spacial score (nSPS) is 22.5. The van der Waals surface area contributed by atoms with Gasteiger partial charge in [0, 0.05) is 6.07 Å². The summed E-state index contributed by atoms with van der Waals surface area (Å²) in [7, 11) is -0.974. The lowest BCUT2D eigenvalue weighted by Crippen LogP contribution is -2.41. The van der Waals surface area contributed by atoms with Crippen LogP contribution >= 0.6 is 0 Å². The molecule has 2 heterocycles. The molecule has 0 bridgehead atoms. The van der Waals surface area contributed by atoms with Crippen molar-refractivity contribution < 1.29 is 27.0 Å². The van der Waals surface area contributed by atoms with E-state index < -0.39 is 30.2 Å². The van der Waals surface area contributed by atoms with Crippen molar-refractivity contribution in [2.24, 2.45) is 0 Å². The molecule has 1 fully saturated rings. The molecule has 4 nitrogen and oxygen atoms in total. The number of hydrogen-bond acceptors (Lipinski definition) is 4. The van der Waals surface area contributed by atoms with Crippen molar-refractivity contribution in [2.45, 2.75) is 45.1 Å². The smallest absolute Gasteiger partial charge is 0.397 e. The maximum atomic E-state index is 12.4. The molecule has 0 radical (unpaired) electrons. The Morgan fingerprint density at radius 1 is 1.11 bits per heavy atom. The number of nitrogens with zero attached hydrogens (tertiary/aromatic N) is 1. The molecule has 0 aliphatic carbocycles. The lowest BCUT2D eigenvalue weighted by molar-refractivity contribution is -0.142. The minimum absolute atomic E-state index is 0.0824. The Kier molecular flexibility index (Phi) is 2.79. The van der Waals surface area contributed by atoms with Gasteiger partial charge in [-0.2, -0.15) is 13.2 Å². The number of aromatic nitrogens is 1. The molecule has 18 heavy (non-hydrogen) atoms. The van der Waals surface area contributed by atoms with Crippen LogP contribution in [0.2, 0.25) is 0 Å². The zero-order chi connectivity index (χ0) is 13.8. The summed E-state index contributed by atoms with van der Waals surface area (Å²) in [6.07, 6.45) is -4.54. The lowest BCUT2D eigenvalue weighted by Gasteiger charge is -2.32. The van der Waals surface area contributed by atoms with E-state index in [4.69, 9.17) is 9.31 Å². The zero-order valence-electron chi connectivity index (χ0n) is 10.5. The predicted octanol–water partition coefficient (Wildman–Crippen LogP) is 1.99. The fraction of sp³-hybridized carbons (Fsp3) is 0.700. The van der Waals surface area contributed by atoms with Crippen LogP contribution in [0.15, 0.2) is 10.6 Å². The second-order valence-corrected chi connectivity index (χ2v) is 5.20. The van der Waals surface area contributed by atoms with E-state index in [1.165, 1.54) is 0 Å². The predicted molar refractivity (Wildman–Crippen MR) is 57.2 cm³/mol. The highest BCUT2D eigenvalue weighted by atomic mass is 19.4. The van der Waals surface area contributed by atoms with E-state index in [9.17, 15) is 13.2 Å². The molecule has 0 unspecified atom stereocenters. The van der Waals surface area contributed by atoms with Crippen molar-refractivity contribution in [2.75, 3.05) is 0 Å². The fourth-order valence-corrected chi connectivity index (χ4v) is 1.49. The first-order valence-electron chi connectivity index (χ1n) is 5.42. The summed E-state index contributed by atoms with van der Waals surface area (Å²) in [5.74, 6) is 0. The number of rotatable bonds is 1. The third-order valence-electron chi connectivity index (χ3n) is 3.30. The first-order chi connectivity index (χ1) is 8.03. The Hall–Kier alpha value is -1.02. The van der Waals surface area contributed by atoms with Crippen LogP contribution in [0, 0.1) is 0 Å². The van der Waals surface area contributed by atoms with Crippen LogP contribution in [0.5, 0.6) is 0 Å². The van der Waals surface area contributed by atoms with E-state index in [0.717, 1.165) is 6.07 Å². The molecule has 0 N–H and O–H groups in total. The summed E-state index contributed by atoms with van der Waals surface area (Å²) in [4.78, 5) is 0. The van der Waals surface area contributed by atoms with Crippen LogP contribution < -0.4 is 5.66 Å². The molecule has 1 aliphatic heterocycles. The number of alkyl halides is 3. The van der Waals surface area contributed by atoms with Gasteiger partial charge >= 0.3 is 13.3 Å². The van der Waals surface area contributed by atoms with Crippen LogP contribution in [0.3, 0.4) is 0 Å². The van der Waals surface area contributed by atoms with Crippen molar-refractivity contribution in [3.05, 3.63) is 11.8 Å². The van der Waals surface area contributed by atoms with E-state index in [1.54, 1.807) is 27.7 Å². The van der Waals surface area contributed by atoms with Gasteiger partial charge in [-0.1, -0.05) is 5.16 Å². The molecule has 0 saturated carbocycles. The highest BCUT2D eigenvalue weighted by Gasteiger charge is 2.54. The van der Waals surface area contributed by atoms with Crippen molar-refractivity contribution in [1.29, 1.82) is 0 Å². The van der Waals surface area contributed by atoms with E-state index in [0.29, 0.717) is 0 Å². The molecule has 0 atom stereocenters. The van der Waals surface area contributed by atoms with Crippen molar-refractivity contribution >= 4 is 12.8 Å². The zero-order valence-corrected chi connectivity index (χ0v) is 10.5. The molecule has 1 aliphatic rings. The quantitative estimate of drug-likeness (QED) is 0.727. The van der Waals surface area contributed by atoms with Gasteiger partial charge in [0.25, 0.3) is 0 Å². The molecule has 8 heteroatoms. The van der Waals surface area contributed by atoms with Gasteiger partial charge in [0.2, 0.25) is 0 Å². The van der Waals surface area contributed by atoms with Gasteiger partial charge in [0.1, 0.15) is 0 Å². The third kappa shape index (κ3) is 2.14. The molecule has 1 aromatic heterocycles. The average Bonchev–Trinajstić information content (AvgIpc) is 2.69. The maximum Gasteiger partial charge on any atom is 0.535 e. The molecule has 2 rings (SSSR count). The van der Waals surface area contributed by atoms with Crippen LogP contribution in [0.4, 0.5) is 13.2 Å². The first kappa shape index (κ1) is 13.4. The van der Waals surface area contributed by atoms with Gasteiger partial charge in [-0.25, -0.2) is 0 Å². The number of hydrogen-bond donors (Lipinski definition) is 0. The van der Waals surface area contributed by atoms with E-state index in [1.807, 2.05) is 0 Å². The summed E-state index contributed by atoms with van der Waals surface area (Å²) in [6.45, 7) is 7.20. The summed E-state index contributed by atoms with van der Waals surface area (Å²) < 4.78 is 52.9. The molecular formula is C10H13BF3NO3. The summed E-state index contributed by atoms with van der Waals surface area (Å²) >= 11 is 0. The van der Waals surface area contributed by atoms with Crippen molar-refractivity contribution in [1.82, 2.24) is 5.16 Å². The topological polar surface area (TPSA) is 44.5 Å². The Morgan fingerprint density at radius 2 is 1.61 bits per heavy atom. The minimum atomic E-state index is -4.54. The van der Waals surface area contributed by atoms with Crippen LogP contribution in [0.1, 0.15) is 33.4 Å². The van der Waals surface area contributed by atoms with Crippen LogP contribution in [-0.2, 0) is 15.5 Å². The Balaban J connectivity index is 2.23. The largest absolute Gasteiger partial charge is 0.535 e. The first-order valence-corrected chi connectivity index (χ1v) is 5.42. The Morgan fingerprint density at radius 3 is 2.00 bits per heavy atom. The van der Waals surface area contributed by atoms with Crippen LogP contribution in [0.25, 0.3) is 0 Å². The van der Waals surface area contributed by atoms with Gasteiger partial charge in [0.05, 0.1) is 11.2 Å². The minimum Gasteiger partial charge on any atom is -0.397 e. The average molecular weight is 263 g/mol. The molecule has 1 saturated heterocycles. The summed E-state index contributed by atoms with van der Waals surface area (Å²) in [5.41, 5.74) is -2.45. The lowest BCUT2D eigenvalue weighted by atomic mass is 9.86. The molecule has 100 valence electrons. The second kappa shape index (κ2) is 3.74. The summed E-state index contributed by atoms with van der Waals surface area (Å²) in [6, 6.07) is 0.794. The summed E-state index contributed by atoms with van der Waals surface area (Å²) in [5, 5.41) is 2.97. The second-order valence-electron chi connectivity index (χ2n) is 5.20. The fourth-order valence-electron chi connectivity index (χ4n) is 1.49. The highest BCUT2D eigenvalue weighted by molar-refractivity contribution is 6.60. The van der Waals surface area contributed by atoms with Gasteiger partial charge in [-0.05, 0) is 27.7 Å². The number of halogens is 3. The Labute approximate surface area is 103 Å². The van der Waals surface area contributed by atoms with E-state index in [-0.39, 0.29) is 5.66 Å². The monoisotopic (exact) mass is 263 g/mol. The third-order valence-corrected chi connectivity index (χ3v) is 3.30. The van der Waals surface area contributed by atoms with Gasteiger partial charge in [0.15, 0.2) is 11.4 Å².